The van der Waals surface area contributed by atoms with E-state index in [-0.39, 0.29) is 0 Å². The zero-order chi connectivity index (χ0) is 28.6. The Morgan fingerprint density at radius 1 is 0.875 bits per heavy atom. The lowest BCUT2D eigenvalue weighted by Gasteiger charge is -2.35. The Labute approximate surface area is 242 Å². The largest absolute Gasteiger partial charge is 0.489 e. The van der Waals surface area contributed by atoms with Gasteiger partial charge in [0, 0.05) is 63.2 Å². The summed E-state index contributed by atoms with van der Waals surface area (Å²) in [4.78, 5) is 10.3. The molecule has 2 heterocycles. The number of pyridine rings is 1. The van der Waals surface area contributed by atoms with Crippen LogP contribution in [0, 0.1) is 13.8 Å². The fraction of sp³-hybridized carbons (Fsp3) is 0.514. The van der Waals surface area contributed by atoms with Gasteiger partial charge in [0.15, 0.2) is 0 Å². The molecule has 1 aliphatic heterocycles. The maximum absolute atomic E-state index is 6.54. The van der Waals surface area contributed by atoms with Crippen molar-refractivity contribution in [3.05, 3.63) is 81.5 Å². The van der Waals surface area contributed by atoms with Crippen molar-refractivity contribution >= 4 is 0 Å². The molecule has 0 N–H and O–H groups in total. The number of aryl methyl sites for hydroxylation is 4. The van der Waals surface area contributed by atoms with Gasteiger partial charge < -0.3 is 9.47 Å². The Hall–Kier alpha value is -2.73. The molecule has 1 saturated heterocycles. The van der Waals surface area contributed by atoms with Gasteiger partial charge in [-0.1, -0.05) is 58.0 Å². The molecular weight excluding hydrogens is 494 g/mol. The van der Waals surface area contributed by atoms with Gasteiger partial charge in [-0.05, 0) is 72.6 Å². The van der Waals surface area contributed by atoms with E-state index in [4.69, 9.17) is 14.5 Å². The third kappa shape index (κ3) is 7.31. The van der Waals surface area contributed by atoms with Crippen LogP contribution in [0.25, 0.3) is 11.3 Å². The molecule has 1 aliphatic rings. The van der Waals surface area contributed by atoms with Gasteiger partial charge in [-0.15, -0.1) is 0 Å². The Morgan fingerprint density at radius 2 is 1.55 bits per heavy atom. The van der Waals surface area contributed by atoms with E-state index in [9.17, 15) is 0 Å². The molecule has 0 bridgehead atoms. The molecule has 0 aliphatic carbocycles. The van der Waals surface area contributed by atoms with Gasteiger partial charge in [-0.3, -0.25) is 14.8 Å². The number of methoxy groups -OCH3 is 1. The lowest BCUT2D eigenvalue weighted by Crippen LogP contribution is -2.46. The van der Waals surface area contributed by atoms with E-state index >= 15 is 0 Å². The van der Waals surface area contributed by atoms with Crippen LogP contribution in [0.1, 0.15) is 72.7 Å². The number of nitrogens with zero attached hydrogens (tertiary/aromatic N) is 3. The van der Waals surface area contributed by atoms with Gasteiger partial charge in [0.25, 0.3) is 0 Å². The number of aromatic nitrogens is 1. The second kappa shape index (κ2) is 14.2. The molecule has 2 aromatic carbocycles. The second-order valence-electron chi connectivity index (χ2n) is 11.5. The SMILES string of the molecule is CCc1cccc(CC)c1-c1cc(CN2CCN(CCOC)CC2)c(COc2cc(C(C)C)ccc2C)c(C)n1. The fourth-order valence-electron chi connectivity index (χ4n) is 5.72. The molecule has 0 atom stereocenters. The van der Waals surface area contributed by atoms with Crippen molar-refractivity contribution in [3.8, 4) is 17.0 Å². The van der Waals surface area contributed by atoms with Crippen LogP contribution < -0.4 is 4.74 Å². The number of benzene rings is 2. The average molecular weight is 544 g/mol. The van der Waals surface area contributed by atoms with Crippen molar-refractivity contribution < 1.29 is 9.47 Å². The van der Waals surface area contributed by atoms with Crippen LogP contribution in [-0.4, -0.2) is 61.2 Å². The topological polar surface area (TPSA) is 37.8 Å². The van der Waals surface area contributed by atoms with E-state index < -0.39 is 0 Å². The number of ether oxygens (including phenoxy) is 2. The summed E-state index contributed by atoms with van der Waals surface area (Å²) in [6.45, 7) is 20.7. The molecule has 0 spiro atoms. The molecule has 40 heavy (non-hydrogen) atoms. The first-order valence-corrected chi connectivity index (χ1v) is 15.1. The molecule has 0 saturated carbocycles. The summed E-state index contributed by atoms with van der Waals surface area (Å²) in [6.07, 6.45) is 2.00. The molecular formula is C35H49N3O2. The van der Waals surface area contributed by atoms with Crippen LogP contribution in [0.3, 0.4) is 0 Å². The summed E-state index contributed by atoms with van der Waals surface area (Å²) in [5.41, 5.74) is 11.2. The number of rotatable bonds is 12. The van der Waals surface area contributed by atoms with Gasteiger partial charge in [0.1, 0.15) is 12.4 Å². The number of hydrogen-bond donors (Lipinski definition) is 0. The first kappa shape index (κ1) is 30.2. The predicted molar refractivity (Wildman–Crippen MR) is 166 cm³/mol. The van der Waals surface area contributed by atoms with Crippen molar-refractivity contribution in [3.63, 3.8) is 0 Å². The molecule has 0 amide bonds. The van der Waals surface area contributed by atoms with Gasteiger partial charge in [0.05, 0.1) is 12.3 Å². The Morgan fingerprint density at radius 3 is 2.17 bits per heavy atom. The van der Waals surface area contributed by atoms with Crippen LogP contribution >= 0.6 is 0 Å². The monoisotopic (exact) mass is 543 g/mol. The zero-order valence-electron chi connectivity index (χ0n) is 25.8. The molecule has 5 heteroatoms. The minimum atomic E-state index is 0.468. The van der Waals surface area contributed by atoms with Gasteiger partial charge in [-0.2, -0.15) is 0 Å². The standard InChI is InChI=1S/C35H49N3O2/c1-8-28-11-10-12-29(9-2)35(28)33-21-31(23-38-17-15-37(16-18-38)19-20-39-7)32(27(6)36-33)24-40-34-22-30(25(3)4)14-13-26(34)5/h10-14,21-22,25H,8-9,15-20,23-24H2,1-7H3. The summed E-state index contributed by atoms with van der Waals surface area (Å²) in [5.74, 6) is 1.44. The van der Waals surface area contributed by atoms with Gasteiger partial charge in [0.2, 0.25) is 0 Å². The second-order valence-corrected chi connectivity index (χ2v) is 11.5. The Balaban J connectivity index is 1.67. The van der Waals surface area contributed by atoms with E-state index in [0.717, 1.165) is 75.9 Å². The molecule has 3 aromatic rings. The normalized spacial score (nSPS) is 14.7. The van der Waals surface area contributed by atoms with Crippen LogP contribution in [0.4, 0.5) is 0 Å². The molecule has 216 valence electrons. The summed E-state index contributed by atoms with van der Waals surface area (Å²) < 4.78 is 11.8. The highest BCUT2D eigenvalue weighted by atomic mass is 16.5. The van der Waals surface area contributed by atoms with Crippen molar-refractivity contribution in [2.75, 3.05) is 46.4 Å². The summed E-state index contributed by atoms with van der Waals surface area (Å²) >= 11 is 0. The minimum Gasteiger partial charge on any atom is -0.489 e. The Bertz CT molecular complexity index is 1240. The van der Waals surface area contributed by atoms with E-state index in [1.165, 1.54) is 38.9 Å². The minimum absolute atomic E-state index is 0.468. The van der Waals surface area contributed by atoms with E-state index in [2.05, 4.69) is 93.8 Å². The van der Waals surface area contributed by atoms with Crippen molar-refractivity contribution in [2.45, 2.75) is 73.5 Å². The quantitative estimate of drug-likeness (QED) is 0.247. The summed E-state index contributed by atoms with van der Waals surface area (Å²) in [5, 5.41) is 0. The van der Waals surface area contributed by atoms with Crippen LogP contribution in [0.2, 0.25) is 0 Å². The molecule has 0 unspecified atom stereocenters. The van der Waals surface area contributed by atoms with Crippen molar-refractivity contribution in [2.24, 2.45) is 0 Å². The maximum atomic E-state index is 6.54. The highest BCUT2D eigenvalue weighted by molar-refractivity contribution is 5.69. The average Bonchev–Trinajstić information content (AvgIpc) is 2.96. The van der Waals surface area contributed by atoms with Crippen LogP contribution in [0.5, 0.6) is 5.75 Å². The van der Waals surface area contributed by atoms with E-state index in [0.29, 0.717) is 12.5 Å². The summed E-state index contributed by atoms with van der Waals surface area (Å²) in [6, 6.07) is 15.7. The van der Waals surface area contributed by atoms with Gasteiger partial charge >= 0.3 is 0 Å². The van der Waals surface area contributed by atoms with E-state index in [1.54, 1.807) is 7.11 Å². The van der Waals surface area contributed by atoms with Crippen LogP contribution in [-0.2, 0) is 30.7 Å². The molecule has 1 aromatic heterocycles. The third-order valence-electron chi connectivity index (χ3n) is 8.40. The molecule has 1 fully saturated rings. The number of hydrogen-bond acceptors (Lipinski definition) is 5. The molecule has 5 nitrogen and oxygen atoms in total. The van der Waals surface area contributed by atoms with Gasteiger partial charge in [-0.25, -0.2) is 0 Å². The molecule has 4 rings (SSSR count). The smallest absolute Gasteiger partial charge is 0.123 e. The highest BCUT2D eigenvalue weighted by Crippen LogP contribution is 2.32. The molecule has 0 radical (unpaired) electrons. The zero-order valence-corrected chi connectivity index (χ0v) is 25.8. The van der Waals surface area contributed by atoms with Crippen LogP contribution in [0.15, 0.2) is 42.5 Å². The highest BCUT2D eigenvalue weighted by Gasteiger charge is 2.21. The predicted octanol–water partition coefficient (Wildman–Crippen LogP) is 6.96. The lowest BCUT2D eigenvalue weighted by molar-refractivity contribution is 0.0935. The van der Waals surface area contributed by atoms with Crippen molar-refractivity contribution in [1.82, 2.24) is 14.8 Å². The first-order valence-electron chi connectivity index (χ1n) is 15.1. The Kier molecular flexibility index (Phi) is 10.8. The maximum Gasteiger partial charge on any atom is 0.123 e. The van der Waals surface area contributed by atoms with Crippen molar-refractivity contribution in [1.29, 1.82) is 0 Å². The fourth-order valence-corrected chi connectivity index (χ4v) is 5.72. The number of piperazine rings is 1. The third-order valence-corrected chi connectivity index (χ3v) is 8.40. The lowest BCUT2D eigenvalue weighted by atomic mass is 9.93. The van der Waals surface area contributed by atoms with E-state index in [1.807, 2.05) is 0 Å². The first-order chi connectivity index (χ1) is 19.3. The summed E-state index contributed by atoms with van der Waals surface area (Å²) in [7, 11) is 1.78.